The predicted octanol–water partition coefficient (Wildman–Crippen LogP) is 6.03. The Kier molecular flexibility index (Phi) is 12.8. The van der Waals surface area contributed by atoms with Gasteiger partial charge >= 0.3 is 0 Å². The lowest BCUT2D eigenvalue weighted by Gasteiger charge is -2.34. The molecule has 0 bridgehead atoms. The summed E-state index contributed by atoms with van der Waals surface area (Å²) in [5.41, 5.74) is 3.33. The highest BCUT2D eigenvalue weighted by Gasteiger charge is 2.40. The fraction of sp³-hybridized carbons (Fsp3) is 0.366. The molecule has 2 N–H and O–H groups in total. The molecule has 302 valence electrons. The first-order chi connectivity index (χ1) is 28.1. The molecular formula is C41H41Cl2N7O7S. The zero-order chi connectivity index (χ0) is 40.9. The summed E-state index contributed by atoms with van der Waals surface area (Å²) in [5, 5.41) is 16.8. The highest BCUT2D eigenvalue weighted by molar-refractivity contribution is 7.99. The molecule has 7 rings (SSSR count). The Morgan fingerprint density at radius 3 is 2.57 bits per heavy atom. The van der Waals surface area contributed by atoms with E-state index in [2.05, 4.69) is 26.6 Å². The minimum Gasteiger partial charge on any atom is -0.495 e. The minimum absolute atomic E-state index is 0.0950. The second kappa shape index (κ2) is 18.1. The second-order valence-corrected chi connectivity index (χ2v) is 15.9. The van der Waals surface area contributed by atoms with Crippen LogP contribution in [0.3, 0.4) is 0 Å². The number of thioether (sulfide) groups is 1. The number of aromatic nitrogens is 1. The predicted molar refractivity (Wildman–Crippen MR) is 220 cm³/mol. The first-order valence-electron chi connectivity index (χ1n) is 18.8. The fourth-order valence-electron chi connectivity index (χ4n) is 7.40. The van der Waals surface area contributed by atoms with Crippen molar-refractivity contribution in [3.8, 4) is 23.3 Å². The molecule has 0 saturated carbocycles. The molecule has 2 fully saturated rings. The number of hydrogen-bond donors (Lipinski definition) is 2. The van der Waals surface area contributed by atoms with Gasteiger partial charge in [0.1, 0.15) is 17.9 Å². The van der Waals surface area contributed by atoms with Gasteiger partial charge in [0, 0.05) is 92.0 Å². The van der Waals surface area contributed by atoms with Gasteiger partial charge in [0.25, 0.3) is 5.91 Å². The lowest BCUT2D eigenvalue weighted by molar-refractivity contribution is -0.137. The van der Waals surface area contributed by atoms with Crippen molar-refractivity contribution in [1.29, 1.82) is 5.26 Å². The zero-order valence-electron chi connectivity index (χ0n) is 31.9. The molecular weight excluding hydrogens is 805 g/mol. The number of halogens is 2. The molecule has 4 heterocycles. The molecule has 1 aromatic heterocycles. The number of pyridine rings is 1. The summed E-state index contributed by atoms with van der Waals surface area (Å²) in [7, 11) is 3.06. The van der Waals surface area contributed by atoms with E-state index >= 15 is 0 Å². The molecule has 17 heteroatoms. The number of nitrogens with one attached hydrogen (secondary N) is 2. The number of rotatable bonds is 14. The Hall–Kier alpha value is -5.27. The maximum absolute atomic E-state index is 13.2. The fourth-order valence-corrected chi connectivity index (χ4v) is 8.93. The average molecular weight is 847 g/mol. The van der Waals surface area contributed by atoms with Crippen LogP contribution < -0.4 is 24.8 Å². The van der Waals surface area contributed by atoms with Crippen LogP contribution in [0.25, 0.3) is 10.9 Å². The van der Waals surface area contributed by atoms with Crippen molar-refractivity contribution in [3.05, 3.63) is 75.4 Å². The summed E-state index contributed by atoms with van der Waals surface area (Å²) < 4.78 is 17.2. The molecule has 0 aliphatic carbocycles. The molecule has 3 aliphatic rings. The number of amides is 4. The van der Waals surface area contributed by atoms with E-state index in [4.69, 9.17) is 37.4 Å². The summed E-state index contributed by atoms with van der Waals surface area (Å²) in [6.07, 6.45) is 3.13. The molecule has 0 spiro atoms. The average Bonchev–Trinajstić information content (AvgIpc) is 3.56. The largest absolute Gasteiger partial charge is 0.495 e. The summed E-state index contributed by atoms with van der Waals surface area (Å²) in [6.45, 7) is 4.32. The highest BCUT2D eigenvalue weighted by atomic mass is 35.5. The van der Waals surface area contributed by atoms with Crippen LogP contribution in [0.4, 0.5) is 11.4 Å². The normalized spacial score (nSPS) is 16.9. The Morgan fingerprint density at radius 1 is 1.03 bits per heavy atom. The standard InChI is InChI=1S/C41H41Cl2N7O7S/c1-55-33-20-31(28(42)18-29(33)43)46-39-24(21-44)22-45-30-19-35(34(56-2)17-26(30)39)57-15-4-10-48-11-13-49(14-12-48)38(52)9-16-58-36-6-3-5-25-27(36)23-50(41(25)54)32-7-8-37(51)47-40(32)53/h3,5-6,17-20,22,32H,4,7-16,23H2,1-2H3,(H,45,46)(H,47,51,53). The van der Waals surface area contributed by atoms with Crippen molar-refractivity contribution < 1.29 is 33.4 Å². The Labute approximate surface area is 349 Å². The number of benzene rings is 3. The van der Waals surface area contributed by atoms with Crippen molar-refractivity contribution in [2.75, 3.05) is 64.6 Å². The second-order valence-electron chi connectivity index (χ2n) is 14.0. The molecule has 58 heavy (non-hydrogen) atoms. The van der Waals surface area contributed by atoms with Crippen molar-refractivity contribution in [2.24, 2.45) is 0 Å². The summed E-state index contributed by atoms with van der Waals surface area (Å²) in [6, 6.07) is 13.9. The van der Waals surface area contributed by atoms with Gasteiger partial charge < -0.3 is 29.3 Å². The molecule has 14 nitrogen and oxygen atoms in total. The molecule has 4 aromatic rings. The van der Waals surface area contributed by atoms with Crippen molar-refractivity contribution >= 4 is 80.9 Å². The van der Waals surface area contributed by atoms with Crippen LogP contribution >= 0.6 is 35.0 Å². The minimum atomic E-state index is -0.666. The van der Waals surface area contributed by atoms with E-state index in [-0.39, 0.29) is 24.1 Å². The van der Waals surface area contributed by atoms with Crippen LogP contribution in [0.5, 0.6) is 17.2 Å². The van der Waals surface area contributed by atoms with E-state index in [1.165, 1.54) is 13.3 Å². The van der Waals surface area contributed by atoms with Gasteiger partial charge in [0.05, 0.1) is 53.3 Å². The number of fused-ring (bicyclic) bond motifs is 2. The quantitative estimate of drug-likeness (QED) is 0.0861. The summed E-state index contributed by atoms with van der Waals surface area (Å²) >= 11 is 14.3. The number of piperidine rings is 1. The maximum Gasteiger partial charge on any atom is 0.255 e. The van der Waals surface area contributed by atoms with E-state index in [0.717, 1.165) is 36.5 Å². The summed E-state index contributed by atoms with van der Waals surface area (Å²) in [5.74, 6) is 1.14. The highest BCUT2D eigenvalue weighted by Crippen LogP contribution is 2.41. The van der Waals surface area contributed by atoms with E-state index in [0.29, 0.717) is 106 Å². The van der Waals surface area contributed by atoms with Gasteiger partial charge in [-0.15, -0.1) is 11.8 Å². The molecule has 1 atom stereocenters. The van der Waals surface area contributed by atoms with Crippen LogP contribution in [0.15, 0.2) is 53.6 Å². The number of piperazine rings is 1. The Balaban J connectivity index is 0.876. The SMILES string of the molecule is COc1cc(Nc2c(C#N)cnc3cc(OCCCN4CCN(C(=O)CCSc5cccc6c5CN(C5CCC(=O)NC5=O)C6=O)CC4)c(OC)cc23)c(Cl)cc1Cl. The Morgan fingerprint density at radius 2 is 1.83 bits per heavy atom. The van der Waals surface area contributed by atoms with Gasteiger partial charge in [-0.05, 0) is 42.7 Å². The number of carbonyl (C=O) groups is 4. The molecule has 1 unspecified atom stereocenters. The van der Waals surface area contributed by atoms with Gasteiger partial charge in [0.15, 0.2) is 11.5 Å². The maximum atomic E-state index is 13.2. The van der Waals surface area contributed by atoms with Crippen LogP contribution in [-0.2, 0) is 20.9 Å². The third-order valence-electron chi connectivity index (χ3n) is 10.5. The lowest BCUT2D eigenvalue weighted by Crippen LogP contribution is -2.52. The van der Waals surface area contributed by atoms with E-state index in [1.54, 1.807) is 54.1 Å². The van der Waals surface area contributed by atoms with Crippen molar-refractivity contribution in [3.63, 3.8) is 0 Å². The first-order valence-corrected chi connectivity index (χ1v) is 20.6. The number of nitrogens with zero attached hydrogens (tertiary/aromatic N) is 5. The van der Waals surface area contributed by atoms with Gasteiger partial charge in [-0.3, -0.25) is 34.4 Å². The smallest absolute Gasteiger partial charge is 0.255 e. The number of imide groups is 1. The van der Waals surface area contributed by atoms with Crippen LogP contribution in [0, 0.1) is 11.3 Å². The van der Waals surface area contributed by atoms with Gasteiger partial charge in [-0.2, -0.15) is 5.26 Å². The molecule has 2 saturated heterocycles. The Bertz CT molecular complexity index is 2310. The number of anilines is 2. The van der Waals surface area contributed by atoms with E-state index < -0.39 is 11.9 Å². The number of ether oxygens (including phenoxy) is 3. The van der Waals surface area contributed by atoms with Crippen LogP contribution in [-0.4, -0.2) is 109 Å². The lowest BCUT2D eigenvalue weighted by atomic mass is 10.0. The number of methoxy groups -OCH3 is 2. The molecule has 3 aromatic carbocycles. The molecule has 4 amide bonds. The molecule has 3 aliphatic heterocycles. The van der Waals surface area contributed by atoms with Crippen molar-refractivity contribution in [1.82, 2.24) is 25.0 Å². The summed E-state index contributed by atoms with van der Waals surface area (Å²) in [4.78, 5) is 61.6. The number of carbonyl (C=O) groups excluding carboxylic acids is 4. The topological polar surface area (TPSA) is 166 Å². The monoisotopic (exact) mass is 845 g/mol. The third-order valence-corrected chi connectivity index (χ3v) is 12.2. The van der Waals surface area contributed by atoms with Gasteiger partial charge in [-0.25, -0.2) is 0 Å². The van der Waals surface area contributed by atoms with Gasteiger partial charge in [-0.1, -0.05) is 29.3 Å². The van der Waals surface area contributed by atoms with Crippen LogP contribution in [0.2, 0.25) is 10.0 Å². The number of nitriles is 1. The van der Waals surface area contributed by atoms with Gasteiger partial charge in [0.2, 0.25) is 17.7 Å². The van der Waals surface area contributed by atoms with Crippen LogP contribution in [0.1, 0.15) is 47.2 Å². The third kappa shape index (κ3) is 8.75. The molecule has 0 radical (unpaired) electrons. The first kappa shape index (κ1) is 40.9. The van der Waals surface area contributed by atoms with E-state index in [1.807, 2.05) is 17.0 Å². The van der Waals surface area contributed by atoms with E-state index in [9.17, 15) is 24.4 Å². The van der Waals surface area contributed by atoms with Crippen molar-refractivity contribution in [2.45, 2.75) is 43.2 Å². The number of hydrogen-bond acceptors (Lipinski definition) is 12. The zero-order valence-corrected chi connectivity index (χ0v) is 34.3.